The molecule has 0 amide bonds. The Kier molecular flexibility index (Phi) is 6.29. The second-order valence-corrected chi connectivity index (χ2v) is 4.98. The van der Waals surface area contributed by atoms with E-state index in [0.717, 1.165) is 13.1 Å². The fraction of sp³-hybridized carbons (Fsp3) is 0.500. The molecule has 0 aromatic heterocycles. The molecule has 7 heteroatoms. The molecule has 1 aromatic rings. The molecule has 2 atom stereocenters. The van der Waals surface area contributed by atoms with Crippen molar-refractivity contribution >= 4 is 6.29 Å². The maximum absolute atomic E-state index is 12.6. The Bertz CT molecular complexity index is 469. The smallest absolute Gasteiger partial charge is 0.314 e. The largest absolute Gasteiger partial charge is 0.416 e. The number of piperazine rings is 1. The van der Waals surface area contributed by atoms with Crippen LogP contribution in [0.5, 0.6) is 0 Å². The molecule has 3 nitrogen and oxygen atoms in total. The normalized spacial score (nSPS) is 22.2. The summed E-state index contributed by atoms with van der Waals surface area (Å²) in [6.07, 6.45) is -4.50. The number of alkyl halides is 3. The van der Waals surface area contributed by atoms with E-state index < -0.39 is 23.1 Å². The topological polar surface area (TPSA) is 41.1 Å². The number of nitrogens with one attached hydrogen (secondary N) is 2. The highest BCUT2D eigenvalue weighted by Crippen LogP contribution is 2.29. The van der Waals surface area contributed by atoms with Crippen LogP contribution in [0, 0.1) is 5.82 Å². The van der Waals surface area contributed by atoms with Gasteiger partial charge in [-0.1, -0.05) is 0 Å². The molecule has 1 aromatic carbocycles. The van der Waals surface area contributed by atoms with Crippen LogP contribution in [0.1, 0.15) is 29.8 Å². The minimum atomic E-state index is -4.55. The minimum absolute atomic E-state index is 0.0462. The maximum Gasteiger partial charge on any atom is 0.416 e. The van der Waals surface area contributed by atoms with Crippen LogP contribution in [0.2, 0.25) is 0 Å². The van der Waals surface area contributed by atoms with E-state index in [1.807, 2.05) is 0 Å². The van der Waals surface area contributed by atoms with Crippen LogP contribution in [0.15, 0.2) is 18.2 Å². The SMILES string of the molecule is C[C@@H]1CNC[C@H](C)N1.O=Cc1cc(C(F)(F)F)ccc1F. The third-order valence-corrected chi connectivity index (χ3v) is 2.92. The van der Waals surface area contributed by atoms with E-state index in [0.29, 0.717) is 30.3 Å². The first-order valence-electron chi connectivity index (χ1n) is 6.52. The summed E-state index contributed by atoms with van der Waals surface area (Å²) in [4.78, 5) is 10.1. The summed E-state index contributed by atoms with van der Waals surface area (Å²) in [5.74, 6) is -0.956. The zero-order valence-corrected chi connectivity index (χ0v) is 11.8. The van der Waals surface area contributed by atoms with Crippen LogP contribution in [-0.2, 0) is 6.18 Å². The average molecular weight is 306 g/mol. The highest BCUT2D eigenvalue weighted by molar-refractivity contribution is 5.75. The molecule has 0 spiro atoms. The second kappa shape index (κ2) is 7.51. The minimum Gasteiger partial charge on any atom is -0.314 e. The summed E-state index contributed by atoms with van der Waals surface area (Å²) in [6.45, 7) is 6.62. The molecule has 0 aliphatic carbocycles. The van der Waals surface area contributed by atoms with Crippen molar-refractivity contribution in [3.8, 4) is 0 Å². The van der Waals surface area contributed by atoms with E-state index in [4.69, 9.17) is 0 Å². The zero-order valence-electron chi connectivity index (χ0n) is 11.8. The van der Waals surface area contributed by atoms with Gasteiger partial charge in [0.25, 0.3) is 0 Å². The standard InChI is InChI=1S/C8H4F4O.C6H14N2/c9-7-2-1-6(8(10,11)12)3-5(7)4-13;1-5-3-7-4-6(2)8-5/h1-4H;5-8H,3-4H2,1-2H3/t;5-,6+. The maximum atomic E-state index is 12.6. The van der Waals surface area contributed by atoms with Gasteiger partial charge in [-0.15, -0.1) is 0 Å². The lowest BCUT2D eigenvalue weighted by molar-refractivity contribution is -0.137. The van der Waals surface area contributed by atoms with E-state index in [-0.39, 0.29) is 6.29 Å². The Morgan fingerprint density at radius 1 is 1.19 bits per heavy atom. The van der Waals surface area contributed by atoms with Crippen molar-refractivity contribution in [1.29, 1.82) is 0 Å². The quantitative estimate of drug-likeness (QED) is 0.619. The summed E-state index contributed by atoms with van der Waals surface area (Å²) in [7, 11) is 0. The fourth-order valence-corrected chi connectivity index (χ4v) is 1.93. The zero-order chi connectivity index (χ0) is 16.0. The summed E-state index contributed by atoms with van der Waals surface area (Å²) >= 11 is 0. The Hall–Kier alpha value is -1.47. The van der Waals surface area contributed by atoms with Crippen molar-refractivity contribution in [1.82, 2.24) is 10.6 Å². The number of hydrogen-bond acceptors (Lipinski definition) is 3. The van der Waals surface area contributed by atoms with Crippen LogP contribution in [0.25, 0.3) is 0 Å². The van der Waals surface area contributed by atoms with E-state index in [9.17, 15) is 22.4 Å². The Morgan fingerprint density at radius 3 is 2.14 bits per heavy atom. The van der Waals surface area contributed by atoms with Gasteiger partial charge in [-0.3, -0.25) is 4.79 Å². The lowest BCUT2D eigenvalue weighted by Crippen LogP contribution is -2.52. The Balaban J connectivity index is 0.000000235. The van der Waals surface area contributed by atoms with Gasteiger partial charge in [0.05, 0.1) is 11.1 Å². The molecule has 118 valence electrons. The van der Waals surface area contributed by atoms with Gasteiger partial charge < -0.3 is 10.6 Å². The van der Waals surface area contributed by atoms with Gasteiger partial charge >= 0.3 is 6.18 Å². The molecule has 1 aliphatic rings. The predicted octanol–water partition coefficient (Wildman–Crippen LogP) is 2.61. The number of benzene rings is 1. The molecule has 1 fully saturated rings. The van der Waals surface area contributed by atoms with Gasteiger partial charge in [0.15, 0.2) is 6.29 Å². The molecule has 1 saturated heterocycles. The molecule has 2 rings (SSSR count). The van der Waals surface area contributed by atoms with Crippen LogP contribution in [-0.4, -0.2) is 31.5 Å². The number of halogens is 4. The lowest BCUT2D eigenvalue weighted by atomic mass is 10.1. The Morgan fingerprint density at radius 2 is 1.76 bits per heavy atom. The molecular formula is C14H18F4N2O. The number of carbonyl (C=O) groups is 1. The lowest BCUT2D eigenvalue weighted by Gasteiger charge is -2.26. The summed E-state index contributed by atoms with van der Waals surface area (Å²) in [5, 5.41) is 6.74. The van der Waals surface area contributed by atoms with Crippen molar-refractivity contribution in [2.45, 2.75) is 32.1 Å². The number of rotatable bonds is 1. The van der Waals surface area contributed by atoms with Crippen LogP contribution in [0.4, 0.5) is 17.6 Å². The first-order valence-corrected chi connectivity index (χ1v) is 6.52. The number of hydrogen-bond donors (Lipinski definition) is 2. The van der Waals surface area contributed by atoms with E-state index in [1.165, 1.54) is 0 Å². The molecule has 0 unspecified atom stereocenters. The van der Waals surface area contributed by atoms with Crippen molar-refractivity contribution in [2.75, 3.05) is 13.1 Å². The summed E-state index contributed by atoms with van der Waals surface area (Å²) in [6, 6.07) is 2.98. The monoisotopic (exact) mass is 306 g/mol. The first-order chi connectivity index (χ1) is 9.74. The fourth-order valence-electron chi connectivity index (χ4n) is 1.93. The molecule has 1 heterocycles. The highest BCUT2D eigenvalue weighted by atomic mass is 19.4. The third-order valence-electron chi connectivity index (χ3n) is 2.92. The van der Waals surface area contributed by atoms with E-state index in [1.54, 1.807) is 0 Å². The van der Waals surface area contributed by atoms with Crippen LogP contribution in [0.3, 0.4) is 0 Å². The van der Waals surface area contributed by atoms with Gasteiger partial charge in [0, 0.05) is 25.2 Å². The second-order valence-electron chi connectivity index (χ2n) is 4.98. The van der Waals surface area contributed by atoms with Crippen LogP contribution >= 0.6 is 0 Å². The number of carbonyl (C=O) groups excluding carboxylic acids is 1. The molecule has 0 bridgehead atoms. The van der Waals surface area contributed by atoms with Gasteiger partial charge in [-0.2, -0.15) is 13.2 Å². The summed E-state index contributed by atoms with van der Waals surface area (Å²) in [5.41, 5.74) is -1.62. The van der Waals surface area contributed by atoms with Gasteiger partial charge in [0.2, 0.25) is 0 Å². The summed E-state index contributed by atoms with van der Waals surface area (Å²) < 4.78 is 48.6. The highest BCUT2D eigenvalue weighted by Gasteiger charge is 2.30. The van der Waals surface area contributed by atoms with Gasteiger partial charge in [-0.25, -0.2) is 4.39 Å². The van der Waals surface area contributed by atoms with Crippen molar-refractivity contribution in [2.24, 2.45) is 0 Å². The molecule has 0 saturated carbocycles. The average Bonchev–Trinajstić information content (AvgIpc) is 2.38. The predicted molar refractivity (Wildman–Crippen MR) is 71.7 cm³/mol. The van der Waals surface area contributed by atoms with E-state index in [2.05, 4.69) is 24.5 Å². The first kappa shape index (κ1) is 17.6. The number of aldehydes is 1. The molecular weight excluding hydrogens is 288 g/mol. The Labute approximate surface area is 120 Å². The van der Waals surface area contributed by atoms with Crippen molar-refractivity contribution < 1.29 is 22.4 Å². The van der Waals surface area contributed by atoms with Gasteiger partial charge in [-0.05, 0) is 32.0 Å². The molecule has 0 radical (unpaired) electrons. The molecule has 21 heavy (non-hydrogen) atoms. The molecule has 1 aliphatic heterocycles. The van der Waals surface area contributed by atoms with Crippen molar-refractivity contribution in [3.63, 3.8) is 0 Å². The van der Waals surface area contributed by atoms with Crippen molar-refractivity contribution in [3.05, 3.63) is 35.1 Å². The van der Waals surface area contributed by atoms with E-state index >= 15 is 0 Å². The van der Waals surface area contributed by atoms with Crippen LogP contribution < -0.4 is 10.6 Å². The third kappa shape index (κ3) is 5.81. The molecule has 2 N–H and O–H groups in total. The van der Waals surface area contributed by atoms with Gasteiger partial charge in [0.1, 0.15) is 5.82 Å².